The van der Waals surface area contributed by atoms with E-state index in [4.69, 9.17) is 14.2 Å². The van der Waals surface area contributed by atoms with Crippen molar-refractivity contribution in [1.82, 2.24) is 0 Å². The van der Waals surface area contributed by atoms with E-state index in [1.807, 2.05) is 0 Å². The first-order valence-electron chi connectivity index (χ1n) is 8.34. The van der Waals surface area contributed by atoms with Crippen LogP contribution in [0.4, 0.5) is 17.6 Å². The van der Waals surface area contributed by atoms with Crippen LogP contribution in [0.3, 0.4) is 0 Å². The molecule has 2 bridgehead atoms. The van der Waals surface area contributed by atoms with Crippen LogP contribution in [0.2, 0.25) is 0 Å². The van der Waals surface area contributed by atoms with Crippen LogP contribution in [0.25, 0.3) is 0 Å². The fourth-order valence-electron chi connectivity index (χ4n) is 3.70. The third-order valence-electron chi connectivity index (χ3n) is 5.14. The van der Waals surface area contributed by atoms with Crippen LogP contribution in [0.15, 0.2) is 0 Å². The number of fused-ring (bicyclic) bond motifs is 1. The number of ether oxygens (including phenoxy) is 3. The highest BCUT2D eigenvalue weighted by Crippen LogP contribution is 2.49. The van der Waals surface area contributed by atoms with Crippen molar-refractivity contribution < 1.29 is 49.8 Å². The van der Waals surface area contributed by atoms with Gasteiger partial charge in [0.15, 0.2) is 0 Å². The monoisotopic (exact) mass is 418 g/mol. The molecule has 154 valence electrons. The highest BCUT2D eigenvalue weighted by molar-refractivity contribution is 7.91. The number of unbranched alkanes of at least 4 members (excludes halogenated alkanes) is 1. The molecule has 0 spiro atoms. The average Bonchev–Trinajstić information content (AvgIpc) is 3.15. The zero-order valence-electron chi connectivity index (χ0n) is 14.2. The second kappa shape index (κ2) is 6.57. The summed E-state index contributed by atoms with van der Waals surface area (Å²) in [7, 11) is -5.27. The largest absolute Gasteiger partial charge is 0.465 e. The number of hydrogen-bond acceptors (Lipinski definition) is 7. The van der Waals surface area contributed by atoms with Gasteiger partial charge in [0, 0.05) is 12.7 Å². The van der Waals surface area contributed by atoms with E-state index in [0.717, 1.165) is 0 Å². The van der Waals surface area contributed by atoms with Gasteiger partial charge >= 0.3 is 23.1 Å². The lowest BCUT2D eigenvalue weighted by atomic mass is 9.82. The van der Waals surface area contributed by atoms with Crippen LogP contribution in [0.5, 0.6) is 0 Å². The summed E-state index contributed by atoms with van der Waals surface area (Å²) in [6.45, 7) is -0.308. The quantitative estimate of drug-likeness (QED) is 0.333. The van der Waals surface area contributed by atoms with Gasteiger partial charge in [0.05, 0.1) is 18.6 Å². The fraction of sp³-hybridized carbons (Fsp3) is 0.867. The molecule has 7 nitrogen and oxygen atoms in total. The van der Waals surface area contributed by atoms with Gasteiger partial charge < -0.3 is 14.2 Å². The van der Waals surface area contributed by atoms with Crippen molar-refractivity contribution in [3.8, 4) is 0 Å². The Morgan fingerprint density at radius 3 is 2.52 bits per heavy atom. The van der Waals surface area contributed by atoms with Gasteiger partial charge in [-0.2, -0.15) is 17.6 Å². The first-order chi connectivity index (χ1) is 12.4. The Kier molecular flexibility index (Phi) is 4.94. The number of alkyl halides is 4. The van der Waals surface area contributed by atoms with E-state index in [-0.39, 0.29) is 25.2 Å². The number of sulfone groups is 1. The minimum atomic E-state index is -5.27. The normalized spacial score (nSPS) is 32.6. The number of esters is 2. The Hall–Kier alpha value is -1.43. The molecule has 0 saturated carbocycles. The van der Waals surface area contributed by atoms with Crippen molar-refractivity contribution >= 4 is 21.8 Å². The zero-order chi connectivity index (χ0) is 20.2. The third-order valence-corrected chi connectivity index (χ3v) is 6.37. The molecule has 3 rings (SSSR count). The van der Waals surface area contributed by atoms with Crippen LogP contribution in [0, 0.1) is 11.8 Å². The number of hydrogen-bond donors (Lipinski definition) is 0. The predicted molar refractivity (Wildman–Crippen MR) is 79.7 cm³/mol. The number of halogens is 4. The minimum Gasteiger partial charge on any atom is -0.465 e. The third kappa shape index (κ3) is 3.30. The number of carbonyl (C=O) groups is 2. The number of carbonyl (C=O) groups excluding carboxylic acids is 2. The summed E-state index contributed by atoms with van der Waals surface area (Å²) in [6, 6.07) is 0. The van der Waals surface area contributed by atoms with E-state index >= 15 is 0 Å². The standard InChI is InChI=1S/C15H18F4O7S/c1-27(22,23)15(18,19)14(16,17)4-2-3-5-24-13(21)9-8-6-7-10(25-8)11(9)26-12(7)20/h7-11H,2-6H2,1H3. The smallest absolute Gasteiger partial charge is 0.406 e. The summed E-state index contributed by atoms with van der Waals surface area (Å²) in [6.07, 6.45) is -3.29. The molecule has 3 heterocycles. The molecule has 3 aliphatic heterocycles. The lowest BCUT2D eigenvalue weighted by Gasteiger charge is -2.24. The lowest BCUT2D eigenvalue weighted by molar-refractivity contribution is -0.162. The van der Waals surface area contributed by atoms with E-state index < -0.39 is 70.0 Å². The predicted octanol–water partition coefficient (Wildman–Crippen LogP) is 1.30. The molecule has 0 aliphatic carbocycles. The molecular formula is C15H18F4O7S. The van der Waals surface area contributed by atoms with Crippen LogP contribution >= 0.6 is 0 Å². The molecule has 5 atom stereocenters. The van der Waals surface area contributed by atoms with Gasteiger partial charge in [0.1, 0.15) is 18.1 Å². The topological polar surface area (TPSA) is 96.0 Å². The van der Waals surface area contributed by atoms with Crippen LogP contribution in [0.1, 0.15) is 25.7 Å². The SMILES string of the molecule is CS(=O)(=O)C(F)(F)C(F)(F)CCCCOC(=O)C1C2CC3C(=O)OC1C3O2. The highest BCUT2D eigenvalue weighted by Gasteiger charge is 2.66. The van der Waals surface area contributed by atoms with Crippen LogP contribution in [-0.4, -0.2) is 62.7 Å². The van der Waals surface area contributed by atoms with Crippen LogP contribution < -0.4 is 0 Å². The number of rotatable bonds is 8. The first-order valence-corrected chi connectivity index (χ1v) is 10.2. The summed E-state index contributed by atoms with van der Waals surface area (Å²) in [5, 5.41) is -5.17. The van der Waals surface area contributed by atoms with Gasteiger partial charge in [0.25, 0.3) is 0 Å². The Morgan fingerprint density at radius 1 is 1.22 bits per heavy atom. The summed E-state index contributed by atoms with van der Waals surface area (Å²) in [4.78, 5) is 23.7. The Morgan fingerprint density at radius 2 is 1.89 bits per heavy atom. The Labute approximate surface area is 152 Å². The summed E-state index contributed by atoms with van der Waals surface area (Å²) in [5.74, 6) is -7.00. The van der Waals surface area contributed by atoms with E-state index in [0.29, 0.717) is 6.42 Å². The zero-order valence-corrected chi connectivity index (χ0v) is 15.0. The van der Waals surface area contributed by atoms with Crippen molar-refractivity contribution in [2.75, 3.05) is 12.9 Å². The molecule has 0 aromatic rings. The maximum atomic E-state index is 13.5. The van der Waals surface area contributed by atoms with E-state index in [1.165, 1.54) is 0 Å². The van der Waals surface area contributed by atoms with Crippen molar-refractivity contribution in [2.45, 2.75) is 55.2 Å². The van der Waals surface area contributed by atoms with Gasteiger partial charge in [-0.1, -0.05) is 0 Å². The maximum Gasteiger partial charge on any atom is 0.406 e. The van der Waals surface area contributed by atoms with Crippen molar-refractivity contribution in [3.63, 3.8) is 0 Å². The molecule has 0 aromatic carbocycles. The molecule has 3 saturated heterocycles. The van der Waals surface area contributed by atoms with E-state index in [9.17, 15) is 35.6 Å². The Balaban J connectivity index is 1.44. The summed E-state index contributed by atoms with van der Waals surface area (Å²) >= 11 is 0. The molecule has 27 heavy (non-hydrogen) atoms. The molecule has 12 heteroatoms. The molecule has 0 N–H and O–H groups in total. The molecular weight excluding hydrogens is 400 g/mol. The molecule has 3 fully saturated rings. The van der Waals surface area contributed by atoms with Crippen LogP contribution in [-0.2, 0) is 33.6 Å². The summed E-state index contributed by atoms with van der Waals surface area (Å²) < 4.78 is 90.7. The Bertz CT molecular complexity index is 738. The first kappa shape index (κ1) is 20.3. The molecule has 3 aliphatic rings. The molecule has 0 amide bonds. The second-order valence-electron chi connectivity index (χ2n) is 7.03. The average molecular weight is 418 g/mol. The fourth-order valence-corrected chi connectivity index (χ4v) is 4.35. The van der Waals surface area contributed by atoms with Gasteiger partial charge in [0.2, 0.25) is 9.84 Å². The van der Waals surface area contributed by atoms with Gasteiger partial charge in [-0.3, -0.25) is 9.59 Å². The molecule has 5 unspecified atom stereocenters. The van der Waals surface area contributed by atoms with Gasteiger partial charge in [-0.05, 0) is 19.3 Å². The summed E-state index contributed by atoms with van der Waals surface area (Å²) in [5.41, 5.74) is 0. The molecule has 0 aromatic heterocycles. The van der Waals surface area contributed by atoms with Crippen molar-refractivity contribution in [2.24, 2.45) is 11.8 Å². The molecule has 0 radical (unpaired) electrons. The maximum absolute atomic E-state index is 13.5. The minimum absolute atomic E-state index is 0.0421. The van der Waals surface area contributed by atoms with Crippen molar-refractivity contribution in [3.05, 3.63) is 0 Å². The second-order valence-corrected chi connectivity index (χ2v) is 9.08. The lowest BCUT2D eigenvalue weighted by Crippen LogP contribution is -2.46. The highest BCUT2D eigenvalue weighted by atomic mass is 32.2. The van der Waals surface area contributed by atoms with Gasteiger partial charge in [-0.25, -0.2) is 8.42 Å². The van der Waals surface area contributed by atoms with E-state index in [1.54, 1.807) is 0 Å². The van der Waals surface area contributed by atoms with Gasteiger partial charge in [-0.15, -0.1) is 0 Å². The van der Waals surface area contributed by atoms with Crippen molar-refractivity contribution in [1.29, 1.82) is 0 Å². The van der Waals surface area contributed by atoms with E-state index in [2.05, 4.69) is 0 Å².